The molecule has 0 aromatic heterocycles. The van der Waals surface area contributed by atoms with E-state index >= 15 is 0 Å². The lowest BCUT2D eigenvalue weighted by Crippen LogP contribution is -2.42. The van der Waals surface area contributed by atoms with Gasteiger partial charge in [-0.05, 0) is 91.4 Å². The van der Waals surface area contributed by atoms with E-state index in [1.807, 2.05) is 12.1 Å². The maximum Gasteiger partial charge on any atom is 0.262 e. The van der Waals surface area contributed by atoms with Gasteiger partial charge in [-0.1, -0.05) is 50.9 Å². The van der Waals surface area contributed by atoms with Crippen LogP contribution < -0.4 is 15.4 Å². The van der Waals surface area contributed by atoms with Crippen LogP contribution in [0.15, 0.2) is 61.8 Å². The molecule has 41 heavy (non-hydrogen) atoms. The second kappa shape index (κ2) is 11.2. The van der Waals surface area contributed by atoms with Crippen LogP contribution in [0.2, 0.25) is 10.0 Å². The molecule has 6 nitrogen and oxygen atoms in total. The summed E-state index contributed by atoms with van der Waals surface area (Å²) in [6.07, 6.45) is 2.30. The highest BCUT2D eigenvalue weighted by Crippen LogP contribution is 2.52. The molecule has 5 rings (SSSR count). The molecule has 216 valence electrons. The zero-order chi connectivity index (χ0) is 29.9. The highest BCUT2D eigenvalue weighted by molar-refractivity contribution is 9.11. The van der Waals surface area contributed by atoms with Crippen molar-refractivity contribution < 1.29 is 19.1 Å². The normalized spacial score (nSPS) is 19.9. The minimum absolute atomic E-state index is 0.0597. The number of anilines is 1. The van der Waals surface area contributed by atoms with Crippen molar-refractivity contribution in [1.82, 2.24) is 5.32 Å². The van der Waals surface area contributed by atoms with Crippen molar-refractivity contribution in [2.45, 2.75) is 59.3 Å². The molecular weight excluding hydrogens is 695 g/mol. The number of carbonyl (C=O) groups excluding carboxylic acids is 3. The van der Waals surface area contributed by atoms with Crippen molar-refractivity contribution in [3.63, 3.8) is 0 Å². The van der Waals surface area contributed by atoms with Gasteiger partial charge in [-0.15, -0.1) is 0 Å². The number of allylic oxidation sites excluding steroid dienone is 4. The third kappa shape index (κ3) is 6.31. The fourth-order valence-electron chi connectivity index (χ4n) is 6.01. The van der Waals surface area contributed by atoms with Gasteiger partial charge in [-0.25, -0.2) is 0 Å². The summed E-state index contributed by atoms with van der Waals surface area (Å²) in [5.74, 6) is -0.301. The molecule has 0 saturated heterocycles. The fourth-order valence-corrected chi connectivity index (χ4v) is 7.76. The maximum absolute atomic E-state index is 13.6. The molecule has 0 fully saturated rings. The molecule has 0 radical (unpaired) electrons. The SMILES string of the molecule is CC1(C)CC(=O)C2=C(C1)NC1=C(C(=O)CC(C)(C)C1)C2c1cc(Br)c(OCC(=O)Nc2ccc(Cl)c(Cl)c2)c(Br)c1. The zero-order valence-corrected chi connectivity index (χ0v) is 27.8. The number of dihydropyridines is 1. The minimum Gasteiger partial charge on any atom is -0.481 e. The molecule has 1 amide bonds. The number of ether oxygens (including phenoxy) is 1. The summed E-state index contributed by atoms with van der Waals surface area (Å²) in [5.41, 5.74) is 4.13. The fraction of sp³-hybridized carbons (Fsp3) is 0.387. The van der Waals surface area contributed by atoms with Crippen LogP contribution in [0.1, 0.15) is 64.9 Å². The number of benzene rings is 2. The second-order valence-corrected chi connectivity index (χ2v) is 15.0. The first-order valence-corrected chi connectivity index (χ1v) is 15.6. The zero-order valence-electron chi connectivity index (χ0n) is 23.1. The van der Waals surface area contributed by atoms with Gasteiger partial charge in [-0.2, -0.15) is 0 Å². The lowest BCUT2D eigenvalue weighted by molar-refractivity contribution is -0.119. The van der Waals surface area contributed by atoms with Gasteiger partial charge in [0.25, 0.3) is 5.91 Å². The molecule has 10 heteroatoms. The van der Waals surface area contributed by atoms with E-state index in [1.165, 1.54) is 0 Å². The van der Waals surface area contributed by atoms with E-state index in [1.54, 1.807) is 18.2 Å². The van der Waals surface area contributed by atoms with Gasteiger partial charge < -0.3 is 15.4 Å². The first-order valence-electron chi connectivity index (χ1n) is 13.3. The highest BCUT2D eigenvalue weighted by Gasteiger charge is 2.46. The summed E-state index contributed by atoms with van der Waals surface area (Å²) in [5, 5.41) is 7.00. The molecule has 0 bridgehead atoms. The lowest BCUT2D eigenvalue weighted by Gasteiger charge is -2.44. The summed E-state index contributed by atoms with van der Waals surface area (Å²) in [7, 11) is 0. The molecule has 3 aliphatic rings. The molecule has 0 spiro atoms. The van der Waals surface area contributed by atoms with Crippen LogP contribution in [0, 0.1) is 10.8 Å². The van der Waals surface area contributed by atoms with Crippen molar-refractivity contribution in [2.24, 2.45) is 10.8 Å². The Balaban J connectivity index is 1.46. The van der Waals surface area contributed by atoms with Gasteiger partial charge in [0, 0.05) is 47.0 Å². The largest absolute Gasteiger partial charge is 0.481 e. The van der Waals surface area contributed by atoms with Crippen LogP contribution in [0.4, 0.5) is 5.69 Å². The summed E-state index contributed by atoms with van der Waals surface area (Å²) in [6, 6.07) is 8.57. The number of rotatable bonds is 5. The Labute approximate surface area is 266 Å². The molecule has 1 heterocycles. The summed E-state index contributed by atoms with van der Waals surface area (Å²) in [6.45, 7) is 8.14. The van der Waals surface area contributed by atoms with E-state index < -0.39 is 5.92 Å². The van der Waals surface area contributed by atoms with Crippen molar-refractivity contribution in [1.29, 1.82) is 0 Å². The smallest absolute Gasteiger partial charge is 0.262 e. The van der Waals surface area contributed by atoms with E-state index in [2.05, 4.69) is 70.2 Å². The average Bonchev–Trinajstić information content (AvgIpc) is 2.82. The number of hydrogen-bond donors (Lipinski definition) is 2. The number of amides is 1. The van der Waals surface area contributed by atoms with E-state index in [9.17, 15) is 14.4 Å². The Kier molecular flexibility index (Phi) is 8.27. The van der Waals surface area contributed by atoms with Gasteiger partial charge in [0.15, 0.2) is 18.2 Å². The number of Topliss-reactive ketones (excluding diaryl/α,β-unsaturated/α-hetero) is 2. The van der Waals surface area contributed by atoms with Crippen LogP contribution in [0.25, 0.3) is 0 Å². The van der Waals surface area contributed by atoms with E-state index in [0.29, 0.717) is 54.4 Å². The summed E-state index contributed by atoms with van der Waals surface area (Å²) >= 11 is 19.2. The topological polar surface area (TPSA) is 84.5 Å². The quantitative estimate of drug-likeness (QED) is 0.323. The van der Waals surface area contributed by atoms with Crippen molar-refractivity contribution in [3.8, 4) is 5.75 Å². The summed E-state index contributed by atoms with van der Waals surface area (Å²) in [4.78, 5) is 39.8. The van der Waals surface area contributed by atoms with Crippen molar-refractivity contribution in [2.75, 3.05) is 11.9 Å². The molecule has 0 atom stereocenters. The van der Waals surface area contributed by atoms with Crippen LogP contribution in [-0.2, 0) is 14.4 Å². The molecule has 2 aliphatic carbocycles. The maximum atomic E-state index is 13.6. The Morgan fingerprint density at radius 3 is 1.95 bits per heavy atom. The Bertz CT molecular complexity index is 1490. The second-order valence-electron chi connectivity index (χ2n) is 12.5. The predicted octanol–water partition coefficient (Wildman–Crippen LogP) is 8.51. The Morgan fingerprint density at radius 2 is 1.44 bits per heavy atom. The standard InChI is InChI=1S/C31H30Br2Cl2N2O4/c1-30(2)10-21-27(23(38)12-30)26(28-22(37-21)11-31(3,4)13-24(28)39)15-7-17(32)29(18(33)8-15)41-14-25(40)36-16-5-6-19(34)20(35)9-16/h5-9,26,37H,10-14H2,1-4H3,(H,36,40). The van der Waals surface area contributed by atoms with Crippen LogP contribution in [0.5, 0.6) is 5.75 Å². The number of ketones is 2. The number of nitrogens with one attached hydrogen (secondary N) is 2. The van der Waals surface area contributed by atoms with Gasteiger partial charge in [-0.3, -0.25) is 14.4 Å². The molecule has 0 saturated carbocycles. The lowest BCUT2D eigenvalue weighted by atomic mass is 9.64. The predicted molar refractivity (Wildman–Crippen MR) is 168 cm³/mol. The molecule has 2 aromatic rings. The molecule has 1 aliphatic heterocycles. The van der Waals surface area contributed by atoms with Crippen LogP contribution in [-0.4, -0.2) is 24.1 Å². The first-order chi connectivity index (χ1) is 19.1. The van der Waals surface area contributed by atoms with Crippen molar-refractivity contribution >= 4 is 78.2 Å². The van der Waals surface area contributed by atoms with E-state index in [-0.39, 0.29) is 34.9 Å². The van der Waals surface area contributed by atoms with Gasteiger partial charge in [0.2, 0.25) is 0 Å². The Morgan fingerprint density at radius 1 is 0.902 bits per heavy atom. The third-order valence-electron chi connectivity index (χ3n) is 7.62. The molecular formula is C31H30Br2Cl2N2O4. The monoisotopic (exact) mass is 722 g/mol. The Hall–Kier alpha value is -2.13. The van der Waals surface area contributed by atoms with Gasteiger partial charge >= 0.3 is 0 Å². The van der Waals surface area contributed by atoms with E-state index in [4.69, 9.17) is 27.9 Å². The number of hydrogen-bond acceptors (Lipinski definition) is 5. The van der Waals surface area contributed by atoms with E-state index in [0.717, 1.165) is 29.8 Å². The van der Waals surface area contributed by atoms with Crippen LogP contribution >= 0.6 is 55.1 Å². The molecule has 2 aromatic carbocycles. The van der Waals surface area contributed by atoms with Crippen molar-refractivity contribution in [3.05, 3.63) is 77.4 Å². The first kappa shape index (κ1) is 30.3. The van der Waals surface area contributed by atoms with Crippen LogP contribution in [0.3, 0.4) is 0 Å². The third-order valence-corrected chi connectivity index (χ3v) is 9.54. The van der Waals surface area contributed by atoms with Gasteiger partial charge in [0.1, 0.15) is 5.75 Å². The van der Waals surface area contributed by atoms with Gasteiger partial charge in [0.05, 0.1) is 19.0 Å². The molecule has 0 unspecified atom stereocenters. The summed E-state index contributed by atoms with van der Waals surface area (Å²) < 4.78 is 7.07. The highest BCUT2D eigenvalue weighted by atomic mass is 79.9. The number of halogens is 4. The number of carbonyl (C=O) groups is 3. The minimum atomic E-state index is -0.479. The average molecular weight is 725 g/mol. The molecule has 2 N–H and O–H groups in total.